The monoisotopic (exact) mass is 340 g/mol. The van der Waals surface area contributed by atoms with E-state index >= 15 is 0 Å². The van der Waals surface area contributed by atoms with Gasteiger partial charge in [-0.15, -0.1) is 0 Å². The Balaban J connectivity index is -0.000000124. The lowest BCUT2D eigenvalue weighted by molar-refractivity contribution is -0.135. The van der Waals surface area contributed by atoms with E-state index in [0.717, 1.165) is 53.2 Å². The molecule has 0 aliphatic heterocycles. The average molecular weight is 340 g/mol. The number of aliphatic hydroxyl groups excluding tert-OH is 1. The molecule has 0 fully saturated rings. The van der Waals surface area contributed by atoms with Gasteiger partial charge in [0.2, 0.25) is 0 Å². The zero-order chi connectivity index (χ0) is 19.1. The summed E-state index contributed by atoms with van der Waals surface area (Å²) < 4.78 is 0. The fourth-order valence-electron chi connectivity index (χ4n) is 0.942. The third-order valence-corrected chi connectivity index (χ3v) is 1.58. The molecule has 9 nitrogen and oxygen atoms in total. The zero-order valence-corrected chi connectivity index (χ0v) is 14.2. The van der Waals surface area contributed by atoms with E-state index in [4.69, 9.17) is 40.5 Å². The first-order valence-corrected chi connectivity index (χ1v) is 7.21. The van der Waals surface area contributed by atoms with Crippen molar-refractivity contribution >= 4 is 17.9 Å². The smallest absolute Gasteiger partial charge is 0.300 e. The standard InChI is InChI=1S/C8H20N2O.3C2H4O2/c9-5-7-10-6-3-1-2-4-8-11;3*1-2(3)4/h10-11H,1-9H2;3*1H3,(H,3,4). The number of unbranched alkanes of at least 4 members (excludes halogenated alkanes) is 3. The van der Waals surface area contributed by atoms with Gasteiger partial charge < -0.3 is 31.5 Å². The summed E-state index contributed by atoms with van der Waals surface area (Å²) in [7, 11) is 0. The number of carbonyl (C=O) groups is 3. The highest BCUT2D eigenvalue weighted by atomic mass is 16.4. The van der Waals surface area contributed by atoms with Gasteiger partial charge in [0.25, 0.3) is 17.9 Å². The predicted octanol–water partition coefficient (Wildman–Crippen LogP) is 0.360. The Kier molecular flexibility index (Phi) is 36.3. The van der Waals surface area contributed by atoms with Gasteiger partial charge in [0.1, 0.15) is 0 Å². The zero-order valence-electron chi connectivity index (χ0n) is 14.2. The molecule has 0 radical (unpaired) electrons. The maximum atomic E-state index is 9.00. The Morgan fingerprint density at radius 1 is 0.783 bits per heavy atom. The normalized spacial score (nSPS) is 8.22. The van der Waals surface area contributed by atoms with Crippen molar-refractivity contribution in [3.8, 4) is 0 Å². The van der Waals surface area contributed by atoms with Crippen LogP contribution < -0.4 is 11.1 Å². The number of aliphatic hydroxyl groups is 1. The molecule has 0 spiro atoms. The van der Waals surface area contributed by atoms with Crippen molar-refractivity contribution in [3.63, 3.8) is 0 Å². The van der Waals surface area contributed by atoms with Gasteiger partial charge in [0, 0.05) is 40.5 Å². The third-order valence-electron chi connectivity index (χ3n) is 1.58. The summed E-state index contributed by atoms with van der Waals surface area (Å²) in [6.45, 7) is 6.27. The van der Waals surface area contributed by atoms with Crippen LogP contribution in [0, 0.1) is 0 Å². The molecule has 9 heteroatoms. The summed E-state index contributed by atoms with van der Waals surface area (Å²) in [5.74, 6) is -2.50. The average Bonchev–Trinajstić information content (AvgIpc) is 2.36. The van der Waals surface area contributed by atoms with Crippen molar-refractivity contribution in [2.24, 2.45) is 5.73 Å². The van der Waals surface area contributed by atoms with Crippen molar-refractivity contribution in [3.05, 3.63) is 0 Å². The summed E-state index contributed by atoms with van der Waals surface area (Å²) in [6.07, 6.45) is 4.48. The van der Waals surface area contributed by atoms with Crippen LogP contribution in [0.1, 0.15) is 46.5 Å². The fraction of sp³-hybridized carbons (Fsp3) is 0.786. The first-order chi connectivity index (χ1) is 10.6. The highest BCUT2D eigenvalue weighted by Gasteiger charge is 1.88. The molecule has 0 unspecified atom stereocenters. The van der Waals surface area contributed by atoms with Crippen molar-refractivity contribution in [1.29, 1.82) is 0 Å². The molecule has 0 bridgehead atoms. The van der Waals surface area contributed by atoms with E-state index in [1.165, 1.54) is 12.8 Å². The molecule has 0 saturated carbocycles. The molecular weight excluding hydrogens is 308 g/mol. The molecule has 0 atom stereocenters. The minimum absolute atomic E-state index is 0.330. The minimum Gasteiger partial charge on any atom is -0.481 e. The van der Waals surface area contributed by atoms with Gasteiger partial charge >= 0.3 is 0 Å². The number of rotatable bonds is 8. The van der Waals surface area contributed by atoms with Crippen LogP contribution in [0.5, 0.6) is 0 Å². The van der Waals surface area contributed by atoms with Crippen molar-refractivity contribution < 1.29 is 34.8 Å². The van der Waals surface area contributed by atoms with Crippen molar-refractivity contribution in [2.45, 2.75) is 46.5 Å². The first kappa shape index (κ1) is 29.3. The molecule has 0 rings (SSSR count). The summed E-state index contributed by atoms with van der Waals surface area (Å²) in [5.41, 5.74) is 5.30. The maximum Gasteiger partial charge on any atom is 0.300 e. The first-order valence-electron chi connectivity index (χ1n) is 7.21. The van der Waals surface area contributed by atoms with Crippen molar-refractivity contribution in [1.82, 2.24) is 5.32 Å². The molecule has 140 valence electrons. The van der Waals surface area contributed by atoms with Crippen LogP contribution in [0.25, 0.3) is 0 Å². The second kappa shape index (κ2) is 28.5. The number of carboxylic acid groups (broad SMARTS) is 3. The summed E-state index contributed by atoms with van der Waals surface area (Å²) in [5, 5.41) is 33.9. The number of hydrogen-bond donors (Lipinski definition) is 6. The van der Waals surface area contributed by atoms with Gasteiger partial charge in [-0.3, -0.25) is 14.4 Å². The molecule has 0 amide bonds. The number of carboxylic acids is 3. The summed E-state index contributed by atoms with van der Waals surface area (Å²) >= 11 is 0. The van der Waals surface area contributed by atoms with E-state index in [-0.39, 0.29) is 0 Å². The second-order valence-electron chi connectivity index (χ2n) is 4.23. The van der Waals surface area contributed by atoms with E-state index in [9.17, 15) is 0 Å². The summed E-state index contributed by atoms with van der Waals surface area (Å²) in [4.78, 5) is 27.0. The van der Waals surface area contributed by atoms with Crippen LogP contribution in [0.2, 0.25) is 0 Å². The van der Waals surface area contributed by atoms with Gasteiger partial charge in [-0.2, -0.15) is 0 Å². The molecule has 0 saturated heterocycles. The topological polar surface area (TPSA) is 170 Å². The largest absolute Gasteiger partial charge is 0.481 e. The van der Waals surface area contributed by atoms with Crippen molar-refractivity contribution in [2.75, 3.05) is 26.2 Å². The van der Waals surface area contributed by atoms with Gasteiger partial charge in [-0.25, -0.2) is 0 Å². The van der Waals surface area contributed by atoms with E-state index < -0.39 is 17.9 Å². The Morgan fingerprint density at radius 2 is 1.13 bits per heavy atom. The van der Waals surface area contributed by atoms with E-state index in [0.29, 0.717) is 6.61 Å². The SMILES string of the molecule is CC(=O)O.CC(=O)O.CC(=O)O.NCCNCCCCCCO. The van der Waals surface area contributed by atoms with Gasteiger partial charge in [0.15, 0.2) is 0 Å². The van der Waals surface area contributed by atoms with Crippen LogP contribution in [0.15, 0.2) is 0 Å². The molecule has 0 aromatic rings. The lowest BCUT2D eigenvalue weighted by Gasteiger charge is -2.01. The van der Waals surface area contributed by atoms with Crippen LogP contribution in [0.4, 0.5) is 0 Å². The summed E-state index contributed by atoms with van der Waals surface area (Å²) in [6, 6.07) is 0. The molecule has 0 aliphatic rings. The molecule has 23 heavy (non-hydrogen) atoms. The molecule has 0 aromatic heterocycles. The Bertz CT molecular complexity index is 225. The van der Waals surface area contributed by atoms with Crippen LogP contribution in [-0.4, -0.2) is 64.6 Å². The Hall–Kier alpha value is -1.71. The predicted molar refractivity (Wildman–Crippen MR) is 87.4 cm³/mol. The minimum atomic E-state index is -0.833. The van der Waals surface area contributed by atoms with Gasteiger partial charge in [-0.1, -0.05) is 12.8 Å². The Morgan fingerprint density at radius 3 is 1.43 bits per heavy atom. The van der Waals surface area contributed by atoms with Crippen LogP contribution in [0.3, 0.4) is 0 Å². The van der Waals surface area contributed by atoms with Gasteiger partial charge in [0.05, 0.1) is 0 Å². The molecule has 7 N–H and O–H groups in total. The van der Waals surface area contributed by atoms with E-state index in [2.05, 4.69) is 5.32 Å². The van der Waals surface area contributed by atoms with E-state index in [1.807, 2.05) is 0 Å². The molecule has 0 aliphatic carbocycles. The molecule has 0 heterocycles. The number of nitrogens with one attached hydrogen (secondary N) is 1. The van der Waals surface area contributed by atoms with Gasteiger partial charge in [-0.05, 0) is 19.4 Å². The van der Waals surface area contributed by atoms with E-state index in [1.54, 1.807) is 0 Å². The fourth-order valence-corrected chi connectivity index (χ4v) is 0.942. The molecular formula is C14H32N2O7. The highest BCUT2D eigenvalue weighted by Crippen LogP contribution is 1.96. The van der Waals surface area contributed by atoms with Crippen LogP contribution in [-0.2, 0) is 14.4 Å². The maximum absolute atomic E-state index is 9.00. The highest BCUT2D eigenvalue weighted by molar-refractivity contribution is 5.63. The quantitative estimate of drug-likeness (QED) is 0.341. The van der Waals surface area contributed by atoms with Crippen LogP contribution >= 0.6 is 0 Å². The third kappa shape index (κ3) is 172. The lowest BCUT2D eigenvalue weighted by Crippen LogP contribution is -2.23. The number of aliphatic carboxylic acids is 3. The second-order valence-corrected chi connectivity index (χ2v) is 4.23. The molecule has 0 aromatic carbocycles. The number of hydrogen-bond acceptors (Lipinski definition) is 6. The number of nitrogens with two attached hydrogens (primary N) is 1. The lowest BCUT2D eigenvalue weighted by atomic mass is 10.2. The Labute approximate surface area is 137 Å².